The molecule has 0 aromatic heterocycles. The van der Waals surface area contributed by atoms with Gasteiger partial charge in [0, 0.05) is 0 Å². The van der Waals surface area contributed by atoms with E-state index in [1.165, 1.54) is 88.3 Å². The molecule has 0 saturated carbocycles. The molecule has 0 unspecified atom stereocenters. The van der Waals surface area contributed by atoms with E-state index in [4.69, 9.17) is 0 Å². The SMILES string of the molecule is CCCCCC[N+](CCO)(CCCCC)CCCCC.[Br-]. The minimum atomic E-state index is 0. The Morgan fingerprint density at radius 3 is 1.33 bits per heavy atom. The predicted octanol–water partition coefficient (Wildman–Crippen LogP) is 1.76. The zero-order valence-corrected chi connectivity index (χ0v) is 16.5. The molecule has 0 aliphatic rings. The van der Waals surface area contributed by atoms with Crippen LogP contribution in [0.1, 0.15) is 85.0 Å². The highest BCUT2D eigenvalue weighted by atomic mass is 79.9. The summed E-state index contributed by atoms with van der Waals surface area (Å²) >= 11 is 0. The molecule has 3 heteroatoms. The fraction of sp³-hybridized carbons (Fsp3) is 1.00. The average Bonchev–Trinajstić information content (AvgIpc) is 2.44. The lowest BCUT2D eigenvalue weighted by Crippen LogP contribution is -3.00. The van der Waals surface area contributed by atoms with E-state index in [2.05, 4.69) is 20.8 Å². The van der Waals surface area contributed by atoms with Gasteiger partial charge in [-0.1, -0.05) is 46.5 Å². The first-order chi connectivity index (χ1) is 9.74. The number of rotatable bonds is 15. The number of hydrogen-bond donors (Lipinski definition) is 1. The van der Waals surface area contributed by atoms with Crippen molar-refractivity contribution < 1.29 is 26.6 Å². The fourth-order valence-electron chi connectivity index (χ4n) is 3.15. The van der Waals surface area contributed by atoms with Gasteiger partial charge in [0.05, 0.1) is 26.2 Å². The highest BCUT2D eigenvalue weighted by Crippen LogP contribution is 2.16. The van der Waals surface area contributed by atoms with Gasteiger partial charge in [-0.3, -0.25) is 0 Å². The molecule has 0 amide bonds. The van der Waals surface area contributed by atoms with Crippen molar-refractivity contribution in [1.29, 1.82) is 0 Å². The summed E-state index contributed by atoms with van der Waals surface area (Å²) in [6.07, 6.45) is 13.3. The molecule has 0 aromatic rings. The van der Waals surface area contributed by atoms with E-state index in [0.717, 1.165) is 6.54 Å². The number of nitrogens with zero attached hydrogens (tertiary/aromatic N) is 1. The molecule has 0 aliphatic carbocycles. The number of unbranched alkanes of at least 4 members (excludes halogenated alkanes) is 7. The van der Waals surface area contributed by atoms with Crippen LogP contribution in [0.4, 0.5) is 0 Å². The Balaban J connectivity index is 0. The molecule has 0 heterocycles. The topological polar surface area (TPSA) is 20.2 Å². The van der Waals surface area contributed by atoms with Gasteiger partial charge in [-0.2, -0.15) is 0 Å². The number of quaternary nitrogens is 1. The fourth-order valence-corrected chi connectivity index (χ4v) is 3.15. The highest BCUT2D eigenvalue weighted by molar-refractivity contribution is 4.51. The molecule has 1 N–H and O–H groups in total. The van der Waals surface area contributed by atoms with Crippen molar-refractivity contribution in [3.63, 3.8) is 0 Å². The van der Waals surface area contributed by atoms with Crippen molar-refractivity contribution in [2.75, 3.05) is 32.8 Å². The molecule has 0 spiro atoms. The molecule has 0 rings (SSSR count). The third kappa shape index (κ3) is 12.6. The molecule has 0 saturated heterocycles. The monoisotopic (exact) mass is 365 g/mol. The second-order valence-corrected chi connectivity index (χ2v) is 6.43. The number of aliphatic hydroxyl groups is 1. The first-order valence-electron chi connectivity index (χ1n) is 9.20. The van der Waals surface area contributed by atoms with Gasteiger partial charge in [-0.25, -0.2) is 0 Å². The molecule has 0 bridgehead atoms. The molecular formula is C18H40BrNO. The Kier molecular flexibility index (Phi) is 18.9. The van der Waals surface area contributed by atoms with E-state index in [0.29, 0.717) is 6.61 Å². The van der Waals surface area contributed by atoms with Gasteiger partial charge in [0.1, 0.15) is 6.54 Å². The van der Waals surface area contributed by atoms with Crippen LogP contribution < -0.4 is 17.0 Å². The summed E-state index contributed by atoms with van der Waals surface area (Å²) < 4.78 is 1.18. The maximum Gasteiger partial charge on any atom is 0.102 e. The maximum atomic E-state index is 9.50. The van der Waals surface area contributed by atoms with Crippen molar-refractivity contribution in [1.82, 2.24) is 0 Å². The average molecular weight is 366 g/mol. The molecule has 0 radical (unpaired) electrons. The van der Waals surface area contributed by atoms with Crippen LogP contribution in [0.15, 0.2) is 0 Å². The van der Waals surface area contributed by atoms with Crippen LogP contribution in [0.3, 0.4) is 0 Å². The standard InChI is InChI=1S/C18H40NO.BrH/c1-4-7-10-13-16-19(17-18-20,14-11-8-5-2)15-12-9-6-3;/h20H,4-18H2,1-3H3;1H/q+1;/p-1. The van der Waals surface area contributed by atoms with Crippen LogP contribution in [0, 0.1) is 0 Å². The van der Waals surface area contributed by atoms with E-state index in [9.17, 15) is 5.11 Å². The van der Waals surface area contributed by atoms with E-state index in [-0.39, 0.29) is 17.0 Å². The van der Waals surface area contributed by atoms with Crippen LogP contribution in [0.2, 0.25) is 0 Å². The van der Waals surface area contributed by atoms with E-state index in [1.54, 1.807) is 0 Å². The molecule has 0 aromatic carbocycles. The van der Waals surface area contributed by atoms with Gasteiger partial charge in [-0.15, -0.1) is 0 Å². The van der Waals surface area contributed by atoms with Gasteiger partial charge in [0.15, 0.2) is 0 Å². The van der Waals surface area contributed by atoms with Crippen molar-refractivity contribution in [2.24, 2.45) is 0 Å². The molecule has 21 heavy (non-hydrogen) atoms. The lowest BCUT2D eigenvalue weighted by Gasteiger charge is -2.39. The Labute approximate surface area is 144 Å². The van der Waals surface area contributed by atoms with Crippen LogP contribution >= 0.6 is 0 Å². The van der Waals surface area contributed by atoms with E-state index in [1.807, 2.05) is 0 Å². The summed E-state index contributed by atoms with van der Waals surface area (Å²) in [6, 6.07) is 0. The van der Waals surface area contributed by atoms with E-state index < -0.39 is 0 Å². The van der Waals surface area contributed by atoms with Gasteiger partial charge in [0.25, 0.3) is 0 Å². The second kappa shape index (κ2) is 16.8. The van der Waals surface area contributed by atoms with Crippen LogP contribution in [-0.4, -0.2) is 42.4 Å². The van der Waals surface area contributed by atoms with Crippen molar-refractivity contribution >= 4 is 0 Å². The number of aliphatic hydroxyl groups excluding tert-OH is 1. The van der Waals surface area contributed by atoms with Gasteiger partial charge < -0.3 is 26.6 Å². The van der Waals surface area contributed by atoms with Crippen molar-refractivity contribution in [3.8, 4) is 0 Å². The van der Waals surface area contributed by atoms with Gasteiger partial charge in [0.2, 0.25) is 0 Å². The summed E-state index contributed by atoms with van der Waals surface area (Å²) in [6.45, 7) is 12.0. The van der Waals surface area contributed by atoms with Crippen LogP contribution in [0.5, 0.6) is 0 Å². The second-order valence-electron chi connectivity index (χ2n) is 6.43. The molecule has 0 atom stereocenters. The number of hydrogen-bond acceptors (Lipinski definition) is 1. The van der Waals surface area contributed by atoms with E-state index >= 15 is 0 Å². The zero-order valence-electron chi connectivity index (χ0n) is 14.9. The highest BCUT2D eigenvalue weighted by Gasteiger charge is 2.25. The summed E-state index contributed by atoms with van der Waals surface area (Å²) in [7, 11) is 0. The largest absolute Gasteiger partial charge is 1.00 e. The maximum absolute atomic E-state index is 9.50. The van der Waals surface area contributed by atoms with Gasteiger partial charge in [-0.05, 0) is 38.5 Å². The molecule has 0 aliphatic heterocycles. The predicted molar refractivity (Wildman–Crippen MR) is 90.0 cm³/mol. The normalized spacial score (nSPS) is 11.4. The zero-order chi connectivity index (χ0) is 15.1. The Morgan fingerprint density at radius 2 is 0.952 bits per heavy atom. The smallest absolute Gasteiger partial charge is 0.102 e. The lowest BCUT2D eigenvalue weighted by molar-refractivity contribution is -0.929. The molecule has 0 fully saturated rings. The van der Waals surface area contributed by atoms with Crippen LogP contribution in [0.25, 0.3) is 0 Å². The molecule has 130 valence electrons. The minimum Gasteiger partial charge on any atom is -1.00 e. The first kappa shape index (κ1) is 23.7. The summed E-state index contributed by atoms with van der Waals surface area (Å²) in [5, 5.41) is 9.50. The van der Waals surface area contributed by atoms with Gasteiger partial charge >= 0.3 is 0 Å². The van der Waals surface area contributed by atoms with Crippen molar-refractivity contribution in [2.45, 2.75) is 85.0 Å². The molecule has 2 nitrogen and oxygen atoms in total. The third-order valence-corrected chi connectivity index (χ3v) is 4.53. The Morgan fingerprint density at radius 1 is 0.571 bits per heavy atom. The molecular weight excluding hydrogens is 326 g/mol. The summed E-state index contributed by atoms with van der Waals surface area (Å²) in [4.78, 5) is 0. The Hall–Kier alpha value is 0.400. The summed E-state index contributed by atoms with van der Waals surface area (Å²) in [5.41, 5.74) is 0. The minimum absolute atomic E-state index is 0. The summed E-state index contributed by atoms with van der Waals surface area (Å²) in [5.74, 6) is 0. The quantitative estimate of drug-likeness (QED) is 0.346. The third-order valence-electron chi connectivity index (χ3n) is 4.53. The number of halogens is 1. The van der Waals surface area contributed by atoms with Crippen LogP contribution in [-0.2, 0) is 0 Å². The lowest BCUT2D eigenvalue weighted by atomic mass is 10.1. The first-order valence-corrected chi connectivity index (χ1v) is 9.20. The van der Waals surface area contributed by atoms with Crippen molar-refractivity contribution in [3.05, 3.63) is 0 Å². The Bertz CT molecular complexity index is 190.